The first-order valence-electron chi connectivity index (χ1n) is 6.81. The number of rotatable bonds is 2. The van der Waals surface area contributed by atoms with Gasteiger partial charge in [-0.15, -0.1) is 0 Å². The SMILES string of the molecule is O=S1(=O)CC(O)C(Oc2cccc3c2CCCC3O)C1. The third kappa shape index (κ3) is 2.55. The fourth-order valence-electron chi connectivity index (χ4n) is 2.97. The number of hydrogen-bond acceptors (Lipinski definition) is 5. The van der Waals surface area contributed by atoms with Gasteiger partial charge in [-0.2, -0.15) is 0 Å². The van der Waals surface area contributed by atoms with Crippen LogP contribution < -0.4 is 4.74 Å². The molecule has 3 atom stereocenters. The first-order chi connectivity index (χ1) is 9.46. The summed E-state index contributed by atoms with van der Waals surface area (Å²) in [6.07, 6.45) is 0.226. The van der Waals surface area contributed by atoms with Crippen molar-refractivity contribution in [2.24, 2.45) is 0 Å². The van der Waals surface area contributed by atoms with Gasteiger partial charge in [-0.3, -0.25) is 0 Å². The smallest absolute Gasteiger partial charge is 0.156 e. The molecular weight excluding hydrogens is 280 g/mol. The van der Waals surface area contributed by atoms with Crippen LogP contribution in [0.3, 0.4) is 0 Å². The number of hydrogen-bond donors (Lipinski definition) is 2. The van der Waals surface area contributed by atoms with E-state index in [1.165, 1.54) is 0 Å². The van der Waals surface area contributed by atoms with Crippen molar-refractivity contribution in [3.8, 4) is 5.75 Å². The first-order valence-corrected chi connectivity index (χ1v) is 8.63. The molecule has 1 aromatic rings. The van der Waals surface area contributed by atoms with Gasteiger partial charge in [0.2, 0.25) is 0 Å². The second kappa shape index (κ2) is 5.02. The highest BCUT2D eigenvalue weighted by Crippen LogP contribution is 2.36. The second-order valence-electron chi connectivity index (χ2n) is 5.53. The van der Waals surface area contributed by atoms with Gasteiger partial charge in [-0.1, -0.05) is 12.1 Å². The number of ether oxygens (including phenoxy) is 1. The normalized spacial score (nSPS) is 31.8. The molecule has 110 valence electrons. The molecule has 1 fully saturated rings. The zero-order valence-corrected chi connectivity index (χ0v) is 11.8. The van der Waals surface area contributed by atoms with E-state index in [2.05, 4.69) is 0 Å². The van der Waals surface area contributed by atoms with Gasteiger partial charge in [0.15, 0.2) is 9.84 Å². The first kappa shape index (κ1) is 13.9. The molecule has 5 nitrogen and oxygen atoms in total. The van der Waals surface area contributed by atoms with Crippen molar-refractivity contribution in [1.82, 2.24) is 0 Å². The van der Waals surface area contributed by atoms with Crippen molar-refractivity contribution >= 4 is 9.84 Å². The Morgan fingerprint density at radius 1 is 1.20 bits per heavy atom. The fourth-order valence-corrected chi connectivity index (χ4v) is 4.63. The van der Waals surface area contributed by atoms with Crippen LogP contribution in [0.4, 0.5) is 0 Å². The lowest BCUT2D eigenvalue weighted by Crippen LogP contribution is -2.30. The molecule has 2 aliphatic rings. The Morgan fingerprint density at radius 2 is 2.00 bits per heavy atom. The van der Waals surface area contributed by atoms with E-state index in [-0.39, 0.29) is 11.5 Å². The minimum Gasteiger partial charge on any atom is -0.486 e. The van der Waals surface area contributed by atoms with E-state index in [1.54, 1.807) is 12.1 Å². The van der Waals surface area contributed by atoms with E-state index < -0.39 is 28.1 Å². The van der Waals surface area contributed by atoms with Crippen molar-refractivity contribution in [3.05, 3.63) is 29.3 Å². The third-order valence-electron chi connectivity index (χ3n) is 3.98. The monoisotopic (exact) mass is 298 g/mol. The summed E-state index contributed by atoms with van der Waals surface area (Å²) in [5.41, 5.74) is 1.78. The van der Waals surface area contributed by atoms with Gasteiger partial charge < -0.3 is 14.9 Å². The molecule has 3 unspecified atom stereocenters. The molecule has 1 aromatic carbocycles. The number of aliphatic hydroxyl groups excluding tert-OH is 2. The largest absolute Gasteiger partial charge is 0.486 e. The van der Waals surface area contributed by atoms with Crippen LogP contribution in [0.25, 0.3) is 0 Å². The standard InChI is InChI=1S/C14H18O5S/c15-11-5-1-4-10-9(11)3-2-6-13(10)19-14-8-20(17,18)7-12(14)16/h2-3,6,11-12,14-16H,1,4-5,7-8H2. The third-order valence-corrected chi connectivity index (χ3v) is 5.67. The Labute approximate surface area is 118 Å². The van der Waals surface area contributed by atoms with E-state index in [0.717, 1.165) is 30.4 Å². The Hall–Kier alpha value is -1.11. The number of benzene rings is 1. The maximum Gasteiger partial charge on any atom is 0.156 e. The highest BCUT2D eigenvalue weighted by molar-refractivity contribution is 7.91. The lowest BCUT2D eigenvalue weighted by atomic mass is 9.89. The minimum atomic E-state index is -3.22. The minimum absolute atomic E-state index is 0.152. The van der Waals surface area contributed by atoms with E-state index in [1.807, 2.05) is 6.07 Å². The Morgan fingerprint density at radius 3 is 2.70 bits per heavy atom. The highest BCUT2D eigenvalue weighted by atomic mass is 32.2. The Bertz CT molecular complexity index is 610. The van der Waals surface area contributed by atoms with Crippen molar-refractivity contribution in [3.63, 3.8) is 0 Å². The predicted molar refractivity (Wildman–Crippen MR) is 73.4 cm³/mol. The van der Waals surface area contributed by atoms with E-state index in [0.29, 0.717) is 5.75 Å². The van der Waals surface area contributed by atoms with Crippen LogP contribution in [0.15, 0.2) is 18.2 Å². The highest BCUT2D eigenvalue weighted by Gasteiger charge is 2.38. The lowest BCUT2D eigenvalue weighted by Gasteiger charge is -2.25. The molecule has 1 heterocycles. The Kier molecular flexibility index (Phi) is 3.48. The fraction of sp³-hybridized carbons (Fsp3) is 0.571. The Balaban J connectivity index is 1.87. The number of sulfone groups is 1. The van der Waals surface area contributed by atoms with Crippen LogP contribution >= 0.6 is 0 Å². The van der Waals surface area contributed by atoms with Crippen LogP contribution in [-0.4, -0.2) is 42.3 Å². The summed E-state index contributed by atoms with van der Waals surface area (Å²) in [7, 11) is -3.22. The molecule has 20 heavy (non-hydrogen) atoms. The summed E-state index contributed by atoms with van der Waals surface area (Å²) in [5, 5.41) is 19.8. The van der Waals surface area contributed by atoms with Gasteiger partial charge in [-0.05, 0) is 36.5 Å². The molecule has 2 N–H and O–H groups in total. The number of aliphatic hydroxyl groups is 2. The average Bonchev–Trinajstić information content (AvgIpc) is 2.63. The van der Waals surface area contributed by atoms with Crippen molar-refractivity contribution in [2.45, 2.75) is 37.6 Å². The van der Waals surface area contributed by atoms with Crippen LogP contribution in [0.5, 0.6) is 5.75 Å². The van der Waals surface area contributed by atoms with Gasteiger partial charge in [0.1, 0.15) is 18.0 Å². The summed E-state index contributed by atoms with van der Waals surface area (Å²) >= 11 is 0. The van der Waals surface area contributed by atoms with E-state index in [4.69, 9.17) is 4.74 Å². The molecule has 3 rings (SSSR count). The maximum absolute atomic E-state index is 11.5. The van der Waals surface area contributed by atoms with Crippen LogP contribution in [0.1, 0.15) is 30.1 Å². The van der Waals surface area contributed by atoms with Crippen molar-refractivity contribution in [1.29, 1.82) is 0 Å². The topological polar surface area (TPSA) is 83.8 Å². The van der Waals surface area contributed by atoms with Crippen LogP contribution in [-0.2, 0) is 16.3 Å². The van der Waals surface area contributed by atoms with Gasteiger partial charge in [-0.25, -0.2) is 8.42 Å². The van der Waals surface area contributed by atoms with Gasteiger partial charge in [0.25, 0.3) is 0 Å². The number of fused-ring (bicyclic) bond motifs is 1. The predicted octanol–water partition coefficient (Wildman–Crippen LogP) is 0.593. The van der Waals surface area contributed by atoms with Gasteiger partial charge in [0, 0.05) is 0 Å². The van der Waals surface area contributed by atoms with Gasteiger partial charge >= 0.3 is 0 Å². The van der Waals surface area contributed by atoms with Crippen LogP contribution in [0.2, 0.25) is 0 Å². The maximum atomic E-state index is 11.5. The molecule has 1 saturated heterocycles. The van der Waals surface area contributed by atoms with E-state index in [9.17, 15) is 18.6 Å². The summed E-state index contributed by atoms with van der Waals surface area (Å²) in [4.78, 5) is 0. The zero-order chi connectivity index (χ0) is 14.3. The molecule has 0 spiro atoms. The molecular formula is C14H18O5S. The zero-order valence-electron chi connectivity index (χ0n) is 11.0. The van der Waals surface area contributed by atoms with Crippen molar-refractivity contribution in [2.75, 3.05) is 11.5 Å². The van der Waals surface area contributed by atoms with Crippen molar-refractivity contribution < 1.29 is 23.4 Å². The summed E-state index contributed by atoms with van der Waals surface area (Å²) in [5.74, 6) is 0.192. The molecule has 1 aliphatic heterocycles. The molecule has 0 radical (unpaired) electrons. The molecule has 1 aliphatic carbocycles. The van der Waals surface area contributed by atoms with Gasteiger partial charge in [0.05, 0.1) is 17.6 Å². The molecule has 0 amide bonds. The molecule has 0 bridgehead atoms. The summed E-state index contributed by atoms with van der Waals surface area (Å²) < 4.78 is 28.7. The second-order valence-corrected chi connectivity index (χ2v) is 7.69. The molecule has 0 saturated carbocycles. The average molecular weight is 298 g/mol. The molecule has 0 aromatic heterocycles. The molecule has 6 heteroatoms. The van der Waals surface area contributed by atoms with E-state index >= 15 is 0 Å². The lowest BCUT2D eigenvalue weighted by molar-refractivity contribution is 0.0722. The quantitative estimate of drug-likeness (QED) is 0.835. The van der Waals surface area contributed by atoms with Crippen LogP contribution in [0, 0.1) is 0 Å². The summed E-state index contributed by atoms with van der Waals surface area (Å²) in [6.45, 7) is 0. The summed E-state index contributed by atoms with van der Waals surface area (Å²) in [6, 6.07) is 5.43.